The van der Waals surface area contributed by atoms with Gasteiger partial charge < -0.3 is 25.8 Å². The first-order valence-corrected chi connectivity index (χ1v) is 11.3. The molecule has 0 spiro atoms. The fraction of sp³-hybridized carbons (Fsp3) is 0.714. The lowest BCUT2D eigenvalue weighted by Gasteiger charge is -2.35. The molecule has 2 amide bonds. The Morgan fingerprint density at radius 1 is 1.25 bits per heavy atom. The normalized spacial score (nSPS) is 18.6. The van der Waals surface area contributed by atoms with Crippen molar-refractivity contribution in [3.63, 3.8) is 0 Å². The molecule has 32 heavy (non-hydrogen) atoms. The van der Waals surface area contributed by atoms with E-state index in [-0.39, 0.29) is 41.7 Å². The second-order valence-corrected chi connectivity index (χ2v) is 8.30. The number of nitrogens with two attached hydrogens (primary N) is 1. The number of aromatic nitrogens is 2. The van der Waals surface area contributed by atoms with Gasteiger partial charge in [-0.25, -0.2) is 0 Å². The van der Waals surface area contributed by atoms with Gasteiger partial charge >= 0.3 is 0 Å². The number of likely N-dealkylation sites (tertiary alicyclic amines) is 1. The number of carbonyl (C=O) groups is 2. The monoisotopic (exact) mass is 560 g/mol. The van der Waals surface area contributed by atoms with Gasteiger partial charge in [-0.2, -0.15) is 5.10 Å². The number of nitrogens with one attached hydrogen (secondary N) is 1. The summed E-state index contributed by atoms with van der Waals surface area (Å²) in [6.07, 6.45) is 7.40. The number of hydrogen-bond donors (Lipinski definition) is 2. The van der Waals surface area contributed by atoms with Crippen LogP contribution in [0, 0.1) is 5.92 Å². The molecule has 3 heterocycles. The zero-order valence-electron chi connectivity index (χ0n) is 19.2. The summed E-state index contributed by atoms with van der Waals surface area (Å²) < 4.78 is 1.71. The molecule has 1 aromatic heterocycles. The van der Waals surface area contributed by atoms with Gasteiger partial charge in [0.1, 0.15) is 6.54 Å². The SMILES string of the molecule is CCNC(=NCCCCN1CCC(C(N)=O)CC1)N1CCN(c2cnn(C)c2)C(=O)C1.I. The van der Waals surface area contributed by atoms with E-state index in [1.807, 2.05) is 25.1 Å². The topological polar surface area (TPSA) is 112 Å². The number of anilines is 1. The highest BCUT2D eigenvalue weighted by atomic mass is 127. The average molecular weight is 560 g/mol. The number of guanidine groups is 1. The Kier molecular flexibility index (Phi) is 10.7. The van der Waals surface area contributed by atoms with Crippen molar-refractivity contribution in [3.05, 3.63) is 12.4 Å². The summed E-state index contributed by atoms with van der Waals surface area (Å²) in [6.45, 7) is 8.14. The summed E-state index contributed by atoms with van der Waals surface area (Å²) in [4.78, 5) is 34.9. The molecule has 0 atom stereocenters. The van der Waals surface area contributed by atoms with Gasteiger partial charge in [0.05, 0.1) is 11.9 Å². The Labute approximate surface area is 207 Å². The number of amides is 2. The molecular weight excluding hydrogens is 523 g/mol. The second kappa shape index (κ2) is 13.0. The number of hydrogen-bond acceptors (Lipinski definition) is 5. The quantitative estimate of drug-likeness (QED) is 0.209. The van der Waals surface area contributed by atoms with Crippen LogP contribution in [0.15, 0.2) is 17.4 Å². The van der Waals surface area contributed by atoms with E-state index in [0.717, 1.165) is 76.6 Å². The number of rotatable bonds is 8. The van der Waals surface area contributed by atoms with Crippen LogP contribution in [0.5, 0.6) is 0 Å². The van der Waals surface area contributed by atoms with E-state index in [4.69, 9.17) is 10.7 Å². The van der Waals surface area contributed by atoms with Crippen LogP contribution in [-0.4, -0.2) is 89.7 Å². The Bertz CT molecular complexity index is 776. The third kappa shape index (κ3) is 7.32. The Balaban J connectivity index is 0.00000363. The fourth-order valence-electron chi connectivity index (χ4n) is 4.17. The molecule has 2 aliphatic heterocycles. The van der Waals surface area contributed by atoms with Gasteiger partial charge in [-0.05, 0) is 52.2 Å². The molecule has 10 nitrogen and oxygen atoms in total. The Hall–Kier alpha value is -1.89. The largest absolute Gasteiger partial charge is 0.369 e. The fourth-order valence-corrected chi connectivity index (χ4v) is 4.17. The Morgan fingerprint density at radius 3 is 2.59 bits per heavy atom. The van der Waals surface area contributed by atoms with Crippen molar-refractivity contribution < 1.29 is 9.59 Å². The predicted molar refractivity (Wildman–Crippen MR) is 136 cm³/mol. The summed E-state index contributed by atoms with van der Waals surface area (Å²) in [6, 6.07) is 0. The predicted octanol–water partition coefficient (Wildman–Crippen LogP) is 0.630. The van der Waals surface area contributed by atoms with E-state index in [0.29, 0.717) is 13.1 Å². The molecular formula is C21H37IN8O2. The summed E-state index contributed by atoms with van der Waals surface area (Å²) >= 11 is 0. The molecule has 0 aliphatic carbocycles. The number of aliphatic imine (C=N–C) groups is 1. The third-order valence-corrected chi connectivity index (χ3v) is 5.99. The molecule has 180 valence electrons. The third-order valence-electron chi connectivity index (χ3n) is 5.99. The van der Waals surface area contributed by atoms with Crippen LogP contribution >= 0.6 is 24.0 Å². The first-order chi connectivity index (χ1) is 15.0. The van der Waals surface area contributed by atoms with Crippen LogP contribution in [0.2, 0.25) is 0 Å². The molecule has 11 heteroatoms. The summed E-state index contributed by atoms with van der Waals surface area (Å²) in [5.41, 5.74) is 6.25. The van der Waals surface area contributed by atoms with Gasteiger partial charge in [0.25, 0.3) is 0 Å². The van der Waals surface area contributed by atoms with E-state index in [1.165, 1.54) is 0 Å². The molecule has 0 bridgehead atoms. The molecule has 1 aromatic rings. The van der Waals surface area contributed by atoms with Crippen molar-refractivity contribution in [2.75, 3.05) is 57.3 Å². The molecule has 3 rings (SSSR count). The van der Waals surface area contributed by atoms with Crippen molar-refractivity contribution in [3.8, 4) is 0 Å². The lowest BCUT2D eigenvalue weighted by atomic mass is 9.96. The molecule has 2 aliphatic rings. The zero-order valence-corrected chi connectivity index (χ0v) is 21.5. The molecule has 0 saturated carbocycles. The van der Waals surface area contributed by atoms with Gasteiger partial charge in [-0.1, -0.05) is 0 Å². The lowest BCUT2D eigenvalue weighted by molar-refractivity contribution is -0.123. The minimum Gasteiger partial charge on any atom is -0.369 e. The summed E-state index contributed by atoms with van der Waals surface area (Å²) in [5, 5.41) is 7.48. The van der Waals surface area contributed by atoms with Gasteiger partial charge in [0, 0.05) is 45.3 Å². The van der Waals surface area contributed by atoms with Crippen molar-refractivity contribution >= 4 is 47.4 Å². The minimum absolute atomic E-state index is 0. The van der Waals surface area contributed by atoms with Crippen LogP contribution in [0.25, 0.3) is 0 Å². The minimum atomic E-state index is -0.162. The van der Waals surface area contributed by atoms with E-state index >= 15 is 0 Å². The maximum atomic E-state index is 12.7. The highest BCUT2D eigenvalue weighted by molar-refractivity contribution is 14.0. The smallest absolute Gasteiger partial charge is 0.246 e. The zero-order chi connectivity index (χ0) is 22.2. The highest BCUT2D eigenvalue weighted by Gasteiger charge is 2.27. The van der Waals surface area contributed by atoms with Gasteiger partial charge in [0.15, 0.2) is 5.96 Å². The average Bonchev–Trinajstić information content (AvgIpc) is 3.19. The standard InChI is InChI=1S/C21H36N8O2.HI/c1-3-23-21(24-8-4-5-9-27-10-6-17(7-11-27)20(22)31)28-12-13-29(19(30)16-28)18-14-25-26(2)15-18;/h14-15,17H,3-13,16H2,1-2H3,(H2,22,31)(H,23,24);1H. The van der Waals surface area contributed by atoms with E-state index in [1.54, 1.807) is 15.8 Å². The number of piperazine rings is 1. The Morgan fingerprint density at radius 2 is 2.00 bits per heavy atom. The van der Waals surface area contributed by atoms with Crippen molar-refractivity contribution in [2.45, 2.75) is 32.6 Å². The van der Waals surface area contributed by atoms with Gasteiger partial charge in [0.2, 0.25) is 11.8 Å². The number of primary amides is 1. The number of unbranched alkanes of at least 4 members (excludes halogenated alkanes) is 1. The summed E-state index contributed by atoms with van der Waals surface area (Å²) in [5.74, 6) is 0.753. The number of aryl methyl sites for hydroxylation is 1. The molecule has 2 fully saturated rings. The van der Waals surface area contributed by atoms with Crippen molar-refractivity contribution in [2.24, 2.45) is 23.7 Å². The number of carbonyl (C=O) groups excluding carboxylic acids is 2. The van der Waals surface area contributed by atoms with Crippen LogP contribution < -0.4 is 16.0 Å². The summed E-state index contributed by atoms with van der Waals surface area (Å²) in [7, 11) is 1.85. The first kappa shape index (κ1) is 26.4. The molecule has 0 unspecified atom stereocenters. The van der Waals surface area contributed by atoms with E-state index < -0.39 is 0 Å². The number of nitrogens with zero attached hydrogens (tertiary/aromatic N) is 6. The van der Waals surface area contributed by atoms with E-state index in [2.05, 4.69) is 15.3 Å². The lowest BCUT2D eigenvalue weighted by Crippen LogP contribution is -2.55. The molecule has 0 aromatic carbocycles. The van der Waals surface area contributed by atoms with Crippen LogP contribution in [0.1, 0.15) is 32.6 Å². The molecule has 2 saturated heterocycles. The van der Waals surface area contributed by atoms with Crippen LogP contribution in [-0.2, 0) is 16.6 Å². The van der Waals surface area contributed by atoms with Gasteiger partial charge in [-0.15, -0.1) is 24.0 Å². The van der Waals surface area contributed by atoms with Crippen molar-refractivity contribution in [1.29, 1.82) is 0 Å². The molecule has 0 radical (unpaired) electrons. The molecule has 3 N–H and O–H groups in total. The van der Waals surface area contributed by atoms with Crippen LogP contribution in [0.3, 0.4) is 0 Å². The van der Waals surface area contributed by atoms with E-state index in [9.17, 15) is 9.59 Å². The maximum Gasteiger partial charge on any atom is 0.246 e. The maximum absolute atomic E-state index is 12.7. The van der Waals surface area contributed by atoms with Gasteiger partial charge in [-0.3, -0.25) is 19.3 Å². The number of piperidine rings is 1. The second-order valence-electron chi connectivity index (χ2n) is 8.30. The van der Waals surface area contributed by atoms with Crippen LogP contribution in [0.4, 0.5) is 5.69 Å². The highest BCUT2D eigenvalue weighted by Crippen LogP contribution is 2.17. The van der Waals surface area contributed by atoms with Crippen molar-refractivity contribution in [1.82, 2.24) is 24.9 Å². The first-order valence-electron chi connectivity index (χ1n) is 11.3. The number of halogens is 1.